The van der Waals surface area contributed by atoms with Gasteiger partial charge in [0, 0.05) is 5.41 Å². The largest absolute Gasteiger partial charge is 0.458 e. The lowest BCUT2D eigenvalue weighted by atomic mass is 9.95. The monoisotopic (exact) mass is 407 g/mol. The molecule has 0 spiro atoms. The van der Waals surface area contributed by atoms with Crippen molar-refractivity contribution in [1.29, 1.82) is 0 Å². The van der Waals surface area contributed by atoms with Gasteiger partial charge in [-0.1, -0.05) is 26.8 Å². The molecule has 12 heteroatoms. The van der Waals surface area contributed by atoms with Crippen LogP contribution in [0.4, 0.5) is 40.8 Å². The summed E-state index contributed by atoms with van der Waals surface area (Å²) in [5.41, 5.74) is -1.08. The molecule has 0 unspecified atom stereocenters. The molecule has 0 radical (unpaired) electrons. The van der Waals surface area contributed by atoms with Gasteiger partial charge in [0.05, 0.1) is 0 Å². The number of carbonyl (C=O) groups is 3. The molecule has 4 nitrogen and oxygen atoms in total. The van der Waals surface area contributed by atoms with E-state index >= 15 is 0 Å². The second-order valence-electron chi connectivity index (χ2n) is 5.95. The minimum absolute atomic E-state index is 0.391. The average Bonchev–Trinajstić information content (AvgIpc) is 2.47. The highest BCUT2D eigenvalue weighted by molar-refractivity contribution is 6.41. The maximum absolute atomic E-state index is 13.1. The van der Waals surface area contributed by atoms with Crippen LogP contribution >= 0.6 is 0 Å². The van der Waals surface area contributed by atoms with Crippen molar-refractivity contribution in [3.8, 4) is 0 Å². The molecule has 0 bridgehead atoms. The van der Waals surface area contributed by atoms with Crippen LogP contribution in [0.5, 0.6) is 0 Å². The summed E-state index contributed by atoms with van der Waals surface area (Å²) in [6, 6.07) is 3.44. The highest BCUT2D eigenvalue weighted by Crippen LogP contribution is 2.24. The quantitative estimate of drug-likeness (QED) is 0.591. The van der Waals surface area contributed by atoms with Crippen molar-refractivity contribution in [2.24, 2.45) is 5.41 Å². The minimum Gasteiger partial charge on any atom is -0.321 e. The molecule has 27 heavy (non-hydrogen) atoms. The second kappa shape index (κ2) is 8.44. The highest BCUT2D eigenvalue weighted by atomic mass is 19.4. The summed E-state index contributed by atoms with van der Waals surface area (Å²) < 4.78 is 93.2. The Morgan fingerprint density at radius 1 is 0.778 bits per heavy atom. The number of hydrogen-bond donors (Lipinski definition) is 1. The number of carbonyl (C=O) groups excluding carboxylic acids is 3. The molecular weight excluding hydrogens is 394 g/mol. The van der Waals surface area contributed by atoms with Crippen LogP contribution in [-0.2, 0) is 14.4 Å². The number of rotatable bonds is 2. The smallest absolute Gasteiger partial charge is 0.321 e. The molecule has 0 fully saturated rings. The van der Waals surface area contributed by atoms with Crippen LogP contribution in [0.1, 0.15) is 20.8 Å². The number of alkyl halides is 6. The second-order valence-corrected chi connectivity index (χ2v) is 5.95. The number of para-hydroxylation sites is 1. The maximum Gasteiger partial charge on any atom is 0.458 e. The van der Waals surface area contributed by atoms with Crippen LogP contribution in [-0.4, -0.2) is 29.8 Å². The first kappa shape index (κ1) is 24.5. The Morgan fingerprint density at radius 3 is 1.37 bits per heavy atom. The van der Waals surface area contributed by atoms with Gasteiger partial charge in [-0.25, -0.2) is 8.78 Å². The Labute approximate surface area is 147 Å². The number of nitrogens with one attached hydrogen (secondary N) is 1. The number of ketones is 2. The fourth-order valence-corrected chi connectivity index (χ4v) is 1.18. The Hall–Kier alpha value is -2.53. The van der Waals surface area contributed by atoms with Crippen molar-refractivity contribution in [2.75, 3.05) is 5.32 Å². The van der Waals surface area contributed by atoms with Gasteiger partial charge in [0.15, 0.2) is 0 Å². The van der Waals surface area contributed by atoms with E-state index in [4.69, 9.17) is 0 Å². The molecule has 152 valence electrons. The lowest BCUT2D eigenvalue weighted by Gasteiger charge is -2.18. The van der Waals surface area contributed by atoms with E-state index < -0.39 is 52.6 Å². The van der Waals surface area contributed by atoms with E-state index in [-0.39, 0.29) is 0 Å². The predicted octanol–water partition coefficient (Wildman–Crippen LogP) is 4.20. The lowest BCUT2D eigenvalue weighted by Crippen LogP contribution is -2.39. The molecule has 0 saturated carbocycles. The number of hydrogen-bond acceptors (Lipinski definition) is 3. The van der Waals surface area contributed by atoms with Gasteiger partial charge in [0.25, 0.3) is 0 Å². The van der Waals surface area contributed by atoms with Crippen LogP contribution in [0, 0.1) is 17.0 Å². The average molecular weight is 407 g/mol. The number of amides is 1. The van der Waals surface area contributed by atoms with Gasteiger partial charge in [-0.2, -0.15) is 26.3 Å². The first-order valence-corrected chi connectivity index (χ1v) is 6.87. The van der Waals surface area contributed by atoms with E-state index in [0.717, 1.165) is 12.1 Å². The molecule has 0 aromatic heterocycles. The number of halogens is 8. The van der Waals surface area contributed by atoms with Gasteiger partial charge in [-0.3, -0.25) is 14.4 Å². The molecule has 1 amide bonds. The van der Waals surface area contributed by atoms with E-state index in [1.54, 1.807) is 20.8 Å². The molecule has 1 N–H and O–H groups in total. The molecule has 0 aliphatic rings. The third-order valence-corrected chi connectivity index (χ3v) is 2.60. The summed E-state index contributed by atoms with van der Waals surface area (Å²) in [6.45, 7) is 5.00. The van der Waals surface area contributed by atoms with Crippen LogP contribution in [0.2, 0.25) is 0 Å². The molecule has 0 saturated heterocycles. The van der Waals surface area contributed by atoms with Gasteiger partial charge in [-0.05, 0) is 12.1 Å². The van der Waals surface area contributed by atoms with Crippen molar-refractivity contribution < 1.29 is 49.5 Å². The van der Waals surface area contributed by atoms with Crippen LogP contribution in [0.15, 0.2) is 18.2 Å². The van der Waals surface area contributed by atoms with Gasteiger partial charge < -0.3 is 5.32 Å². The van der Waals surface area contributed by atoms with Gasteiger partial charge in [0.1, 0.15) is 17.3 Å². The maximum atomic E-state index is 13.1. The van der Waals surface area contributed by atoms with Crippen molar-refractivity contribution in [3.05, 3.63) is 29.8 Å². The summed E-state index contributed by atoms with van der Waals surface area (Å²) in [6.07, 6.45) is -11.5. The summed E-state index contributed by atoms with van der Waals surface area (Å²) in [7, 11) is 0. The molecule has 0 heterocycles. The summed E-state index contributed by atoms with van der Waals surface area (Å²) in [5.74, 6) is -8.78. The summed E-state index contributed by atoms with van der Waals surface area (Å²) in [4.78, 5) is 30.7. The van der Waals surface area contributed by atoms with Gasteiger partial charge in [-0.15, -0.1) is 0 Å². The zero-order valence-electron chi connectivity index (χ0n) is 14.0. The standard InChI is InChI=1S/C11H13F2NO.C4F6O2/c1-11(2,3)10(15)14-9-7(12)5-4-6-8(9)13;5-3(6,7)1(11)2(12)4(8,9)10/h4-6H,1-3H3,(H,14,15);. The topological polar surface area (TPSA) is 63.2 Å². The first-order chi connectivity index (χ1) is 11.9. The van der Waals surface area contributed by atoms with Gasteiger partial charge in [0.2, 0.25) is 5.91 Å². The Kier molecular flexibility index (Phi) is 7.65. The number of anilines is 1. The van der Waals surface area contributed by atoms with E-state index in [1.807, 2.05) is 0 Å². The van der Waals surface area contributed by atoms with Gasteiger partial charge >= 0.3 is 23.9 Å². The molecule has 1 rings (SSSR count). The molecular formula is C15H13F8NO3. The van der Waals surface area contributed by atoms with E-state index in [2.05, 4.69) is 5.32 Å². The normalized spacial score (nSPS) is 12.0. The third kappa shape index (κ3) is 7.71. The molecule has 1 aromatic carbocycles. The SMILES string of the molecule is CC(C)(C)C(=O)Nc1c(F)cccc1F.O=C(C(=O)C(F)(F)F)C(F)(F)F. The van der Waals surface area contributed by atoms with Crippen LogP contribution < -0.4 is 5.32 Å². The van der Waals surface area contributed by atoms with E-state index in [9.17, 15) is 49.5 Å². The van der Waals surface area contributed by atoms with E-state index in [0.29, 0.717) is 0 Å². The molecule has 0 atom stereocenters. The summed E-state index contributed by atoms with van der Waals surface area (Å²) in [5, 5.41) is 2.23. The summed E-state index contributed by atoms with van der Waals surface area (Å²) >= 11 is 0. The number of Topliss-reactive ketones (excluding diaryl/α,β-unsaturated/α-hetero) is 2. The van der Waals surface area contributed by atoms with Crippen LogP contribution in [0.3, 0.4) is 0 Å². The predicted molar refractivity (Wildman–Crippen MR) is 76.6 cm³/mol. The number of benzene rings is 1. The lowest BCUT2D eigenvalue weighted by molar-refractivity contribution is -0.193. The molecule has 0 aliphatic heterocycles. The molecule has 0 aliphatic carbocycles. The van der Waals surface area contributed by atoms with E-state index in [1.165, 1.54) is 6.07 Å². The van der Waals surface area contributed by atoms with Crippen molar-refractivity contribution in [3.63, 3.8) is 0 Å². The minimum atomic E-state index is -5.77. The fourth-order valence-electron chi connectivity index (χ4n) is 1.18. The van der Waals surface area contributed by atoms with Crippen molar-refractivity contribution in [2.45, 2.75) is 33.1 Å². The van der Waals surface area contributed by atoms with Crippen molar-refractivity contribution >= 4 is 23.2 Å². The zero-order valence-corrected chi connectivity index (χ0v) is 14.0. The first-order valence-electron chi connectivity index (χ1n) is 6.87. The van der Waals surface area contributed by atoms with Crippen LogP contribution in [0.25, 0.3) is 0 Å². The Balaban J connectivity index is 0.000000516. The molecule has 1 aromatic rings. The Bertz CT molecular complexity index is 673. The highest BCUT2D eigenvalue weighted by Gasteiger charge is 2.54. The zero-order chi connectivity index (χ0) is 21.8. The van der Waals surface area contributed by atoms with Crippen molar-refractivity contribution in [1.82, 2.24) is 0 Å². The Morgan fingerprint density at radius 2 is 1.11 bits per heavy atom. The fraction of sp³-hybridized carbons (Fsp3) is 0.400. The third-order valence-electron chi connectivity index (χ3n) is 2.60.